The predicted octanol–water partition coefficient (Wildman–Crippen LogP) is 4.13. The molecule has 3 rings (SSSR count). The van der Waals surface area contributed by atoms with Crippen LogP contribution in [0.15, 0.2) is 47.9 Å². The van der Waals surface area contributed by atoms with Gasteiger partial charge in [-0.05, 0) is 51.0 Å². The van der Waals surface area contributed by atoms with Gasteiger partial charge >= 0.3 is 11.9 Å². The van der Waals surface area contributed by atoms with Crippen molar-refractivity contribution in [2.45, 2.75) is 40.0 Å². The van der Waals surface area contributed by atoms with Crippen LogP contribution < -0.4 is 10.5 Å². The molecule has 0 bridgehead atoms. The second kappa shape index (κ2) is 9.03. The van der Waals surface area contributed by atoms with E-state index in [9.17, 15) is 9.59 Å². The molecule has 0 fully saturated rings. The molecule has 2 aromatic rings. The van der Waals surface area contributed by atoms with E-state index in [4.69, 9.17) is 19.9 Å². The zero-order valence-corrected chi connectivity index (χ0v) is 17.8. The Labute approximate surface area is 176 Å². The molecular formula is C24H27NO5. The standard InChI is InChI=1S/C24H27NO5/c1-5-28-21(26)13-19-18-12-16(17-10-14(3)9-15(4)11-17)7-8-20(18)30-23(25)22(19)24(27)29-6-2/h7-12,19H,5-6,13,25H2,1-4H3. The van der Waals surface area contributed by atoms with Gasteiger partial charge in [0.15, 0.2) is 0 Å². The molecule has 0 spiro atoms. The Morgan fingerprint density at radius 1 is 0.967 bits per heavy atom. The molecule has 1 unspecified atom stereocenters. The number of rotatable bonds is 6. The minimum absolute atomic E-state index is 0.0324. The van der Waals surface area contributed by atoms with E-state index in [0.29, 0.717) is 11.3 Å². The van der Waals surface area contributed by atoms with Gasteiger partial charge in [-0.25, -0.2) is 4.79 Å². The molecule has 2 N–H and O–H groups in total. The number of benzene rings is 2. The molecule has 0 aliphatic carbocycles. The van der Waals surface area contributed by atoms with Gasteiger partial charge in [-0.3, -0.25) is 4.79 Å². The Hall–Kier alpha value is -3.28. The zero-order valence-electron chi connectivity index (χ0n) is 17.8. The molecule has 1 atom stereocenters. The maximum atomic E-state index is 12.6. The number of fused-ring (bicyclic) bond motifs is 1. The second-order valence-electron chi connectivity index (χ2n) is 7.29. The van der Waals surface area contributed by atoms with Crippen molar-refractivity contribution in [1.29, 1.82) is 0 Å². The Morgan fingerprint density at radius 2 is 1.63 bits per heavy atom. The topological polar surface area (TPSA) is 87.9 Å². The third kappa shape index (κ3) is 4.48. The number of hydrogen-bond donors (Lipinski definition) is 1. The summed E-state index contributed by atoms with van der Waals surface area (Å²) in [5, 5.41) is 0. The normalized spacial score (nSPS) is 15.3. The van der Waals surface area contributed by atoms with Gasteiger partial charge in [0.1, 0.15) is 11.3 Å². The largest absolute Gasteiger partial charge is 0.466 e. The highest BCUT2D eigenvalue weighted by molar-refractivity contribution is 5.93. The molecule has 0 radical (unpaired) electrons. The fraction of sp³-hybridized carbons (Fsp3) is 0.333. The fourth-order valence-corrected chi connectivity index (χ4v) is 3.79. The van der Waals surface area contributed by atoms with E-state index in [2.05, 4.69) is 18.2 Å². The Bertz CT molecular complexity index is 988. The average molecular weight is 409 g/mol. The number of esters is 2. The molecule has 0 saturated carbocycles. The van der Waals surface area contributed by atoms with Crippen LogP contribution in [0.1, 0.15) is 42.9 Å². The number of carbonyl (C=O) groups excluding carboxylic acids is 2. The first-order valence-corrected chi connectivity index (χ1v) is 10.1. The highest BCUT2D eigenvalue weighted by Crippen LogP contribution is 2.42. The summed E-state index contributed by atoms with van der Waals surface area (Å²) in [6.07, 6.45) is -0.0324. The summed E-state index contributed by atoms with van der Waals surface area (Å²) in [4.78, 5) is 24.9. The maximum absolute atomic E-state index is 12.6. The van der Waals surface area contributed by atoms with Crippen molar-refractivity contribution in [3.63, 3.8) is 0 Å². The van der Waals surface area contributed by atoms with E-state index in [1.165, 1.54) is 0 Å². The molecule has 6 heteroatoms. The predicted molar refractivity (Wildman–Crippen MR) is 114 cm³/mol. The number of aryl methyl sites for hydroxylation is 2. The Kier molecular flexibility index (Phi) is 6.45. The van der Waals surface area contributed by atoms with Crippen molar-refractivity contribution in [3.05, 3.63) is 64.5 Å². The highest BCUT2D eigenvalue weighted by atomic mass is 16.5. The molecule has 1 heterocycles. The lowest BCUT2D eigenvalue weighted by atomic mass is 9.84. The summed E-state index contributed by atoms with van der Waals surface area (Å²) < 4.78 is 16.0. The van der Waals surface area contributed by atoms with Gasteiger partial charge in [0.2, 0.25) is 5.88 Å². The van der Waals surface area contributed by atoms with Gasteiger partial charge in [0.05, 0.1) is 19.6 Å². The Morgan fingerprint density at radius 3 is 2.27 bits per heavy atom. The van der Waals surface area contributed by atoms with E-state index in [0.717, 1.165) is 22.3 Å². The van der Waals surface area contributed by atoms with Crippen molar-refractivity contribution >= 4 is 11.9 Å². The first kappa shape index (κ1) is 21.4. The van der Waals surface area contributed by atoms with E-state index in [1.807, 2.05) is 32.0 Å². The quantitative estimate of drug-likeness (QED) is 0.722. The van der Waals surface area contributed by atoms with Crippen molar-refractivity contribution in [1.82, 2.24) is 0 Å². The van der Waals surface area contributed by atoms with Crippen LogP contribution in [0.5, 0.6) is 5.75 Å². The molecule has 6 nitrogen and oxygen atoms in total. The van der Waals surface area contributed by atoms with E-state index < -0.39 is 17.9 Å². The van der Waals surface area contributed by atoms with Gasteiger partial charge in [-0.15, -0.1) is 0 Å². The van der Waals surface area contributed by atoms with Gasteiger partial charge in [0, 0.05) is 11.5 Å². The molecule has 158 valence electrons. The minimum Gasteiger partial charge on any atom is -0.466 e. The zero-order chi connectivity index (χ0) is 21.8. The maximum Gasteiger partial charge on any atom is 0.340 e. The lowest BCUT2D eigenvalue weighted by Gasteiger charge is -2.28. The smallest absolute Gasteiger partial charge is 0.340 e. The highest BCUT2D eigenvalue weighted by Gasteiger charge is 2.36. The second-order valence-corrected chi connectivity index (χ2v) is 7.29. The fourth-order valence-electron chi connectivity index (χ4n) is 3.79. The Balaban J connectivity index is 2.10. The van der Waals surface area contributed by atoms with Crippen molar-refractivity contribution < 1.29 is 23.8 Å². The van der Waals surface area contributed by atoms with Gasteiger partial charge in [0.25, 0.3) is 0 Å². The number of nitrogens with two attached hydrogens (primary N) is 1. The lowest BCUT2D eigenvalue weighted by Crippen LogP contribution is -2.28. The summed E-state index contributed by atoms with van der Waals surface area (Å²) in [5.74, 6) is -1.15. The lowest BCUT2D eigenvalue weighted by molar-refractivity contribution is -0.143. The first-order valence-electron chi connectivity index (χ1n) is 10.1. The summed E-state index contributed by atoms with van der Waals surface area (Å²) in [6, 6.07) is 12.0. The van der Waals surface area contributed by atoms with Gasteiger partial charge < -0.3 is 19.9 Å². The number of ether oxygens (including phenoxy) is 3. The van der Waals surface area contributed by atoms with Crippen molar-refractivity contribution in [3.8, 4) is 16.9 Å². The summed E-state index contributed by atoms with van der Waals surface area (Å²) >= 11 is 0. The van der Waals surface area contributed by atoms with Crippen LogP contribution >= 0.6 is 0 Å². The van der Waals surface area contributed by atoms with E-state index >= 15 is 0 Å². The molecule has 0 amide bonds. The van der Waals surface area contributed by atoms with Crippen LogP contribution in [-0.4, -0.2) is 25.2 Å². The summed E-state index contributed by atoms with van der Waals surface area (Å²) in [6.45, 7) is 7.99. The van der Waals surface area contributed by atoms with Crippen molar-refractivity contribution in [2.75, 3.05) is 13.2 Å². The van der Waals surface area contributed by atoms with Crippen LogP contribution in [0.25, 0.3) is 11.1 Å². The monoisotopic (exact) mass is 409 g/mol. The van der Waals surface area contributed by atoms with Crippen molar-refractivity contribution in [2.24, 2.45) is 5.73 Å². The summed E-state index contributed by atoms with van der Waals surface area (Å²) in [5.41, 5.74) is 11.2. The van der Waals surface area contributed by atoms with Crippen LogP contribution in [-0.2, 0) is 19.1 Å². The summed E-state index contributed by atoms with van der Waals surface area (Å²) in [7, 11) is 0. The van der Waals surface area contributed by atoms with Crippen LogP contribution in [0.3, 0.4) is 0 Å². The van der Waals surface area contributed by atoms with Crippen LogP contribution in [0.4, 0.5) is 0 Å². The third-order valence-corrected chi connectivity index (χ3v) is 4.95. The SMILES string of the molecule is CCOC(=O)CC1C(C(=O)OCC)=C(N)Oc2ccc(-c3cc(C)cc(C)c3)cc21. The molecular weight excluding hydrogens is 382 g/mol. The molecule has 30 heavy (non-hydrogen) atoms. The van der Waals surface area contributed by atoms with E-state index in [-0.39, 0.29) is 31.1 Å². The van der Waals surface area contributed by atoms with Gasteiger partial charge in [-0.2, -0.15) is 0 Å². The molecule has 0 aromatic heterocycles. The third-order valence-electron chi connectivity index (χ3n) is 4.95. The molecule has 2 aromatic carbocycles. The number of carbonyl (C=O) groups is 2. The van der Waals surface area contributed by atoms with Crippen LogP contribution in [0, 0.1) is 13.8 Å². The first-order chi connectivity index (χ1) is 14.3. The average Bonchev–Trinajstić information content (AvgIpc) is 2.67. The number of hydrogen-bond acceptors (Lipinski definition) is 6. The minimum atomic E-state index is -0.613. The van der Waals surface area contributed by atoms with Crippen LogP contribution in [0.2, 0.25) is 0 Å². The van der Waals surface area contributed by atoms with Gasteiger partial charge in [-0.1, -0.05) is 35.4 Å². The van der Waals surface area contributed by atoms with E-state index in [1.54, 1.807) is 13.8 Å². The molecule has 1 aliphatic heterocycles. The molecule has 1 aliphatic rings. The molecule has 0 saturated heterocycles.